The lowest BCUT2D eigenvalue weighted by Gasteiger charge is -2.12. The molecule has 1 aliphatic rings. The van der Waals surface area contributed by atoms with Gasteiger partial charge in [-0.1, -0.05) is 60.7 Å². The van der Waals surface area contributed by atoms with Gasteiger partial charge in [0.1, 0.15) is 0 Å². The van der Waals surface area contributed by atoms with Crippen molar-refractivity contribution >= 4 is 21.5 Å². The van der Waals surface area contributed by atoms with E-state index in [-0.39, 0.29) is 0 Å². The zero-order chi connectivity index (χ0) is 14.7. The minimum absolute atomic E-state index is 1.06. The predicted molar refractivity (Wildman–Crippen MR) is 94.4 cm³/mol. The molecule has 1 aliphatic carbocycles. The summed E-state index contributed by atoms with van der Waals surface area (Å²) in [5.74, 6) is 0. The Balaban J connectivity index is 1.99. The fraction of sp³-hybridized carbons (Fsp3) is 0.0909. The Morgan fingerprint density at radius 1 is 0.682 bits per heavy atom. The summed E-state index contributed by atoms with van der Waals surface area (Å²) in [7, 11) is 0. The zero-order valence-electron chi connectivity index (χ0n) is 12.6. The molecule has 104 valence electrons. The molecule has 5 rings (SSSR count). The molecule has 0 heteroatoms. The second-order valence-corrected chi connectivity index (χ2v) is 6.25. The number of benzene rings is 4. The predicted octanol–water partition coefficient (Wildman–Crippen LogP) is 5.87. The van der Waals surface area contributed by atoms with Crippen LogP contribution >= 0.6 is 0 Å². The minimum atomic E-state index is 1.06. The molecule has 0 amide bonds. The van der Waals surface area contributed by atoms with Gasteiger partial charge in [0.05, 0.1) is 0 Å². The molecule has 0 saturated carbocycles. The first-order chi connectivity index (χ1) is 10.8. The topological polar surface area (TPSA) is 0 Å². The third kappa shape index (κ3) is 1.47. The maximum absolute atomic E-state index is 2.37. The Hall–Kier alpha value is -2.60. The third-order valence-corrected chi connectivity index (χ3v) is 5.07. The van der Waals surface area contributed by atoms with Gasteiger partial charge in [-0.3, -0.25) is 0 Å². The highest BCUT2D eigenvalue weighted by atomic mass is 14.2. The molecule has 0 N–H and O–H groups in total. The van der Waals surface area contributed by atoms with Gasteiger partial charge in [0.2, 0.25) is 0 Å². The van der Waals surface area contributed by atoms with Gasteiger partial charge in [-0.15, -0.1) is 0 Å². The van der Waals surface area contributed by atoms with Crippen molar-refractivity contribution in [3.8, 4) is 11.1 Å². The van der Waals surface area contributed by atoms with Gasteiger partial charge in [-0.2, -0.15) is 0 Å². The summed E-state index contributed by atoms with van der Waals surface area (Å²) in [6, 6.07) is 24.5. The fourth-order valence-electron chi connectivity index (χ4n) is 4.00. The van der Waals surface area contributed by atoms with Crippen molar-refractivity contribution in [1.29, 1.82) is 0 Å². The lowest BCUT2D eigenvalue weighted by molar-refractivity contribution is 1.27. The summed E-state index contributed by atoms with van der Waals surface area (Å²) in [6.07, 6.45) is 1.06. The molecule has 0 aromatic heterocycles. The van der Waals surface area contributed by atoms with Crippen molar-refractivity contribution in [3.05, 3.63) is 83.4 Å². The van der Waals surface area contributed by atoms with E-state index in [1.165, 1.54) is 49.4 Å². The van der Waals surface area contributed by atoms with Crippen molar-refractivity contribution < 1.29 is 0 Å². The highest BCUT2D eigenvalue weighted by Crippen LogP contribution is 2.43. The van der Waals surface area contributed by atoms with Crippen LogP contribution in [-0.4, -0.2) is 0 Å². The van der Waals surface area contributed by atoms with E-state index in [2.05, 4.69) is 73.7 Å². The van der Waals surface area contributed by atoms with Crippen LogP contribution in [0.15, 0.2) is 66.7 Å². The van der Waals surface area contributed by atoms with E-state index in [4.69, 9.17) is 0 Å². The summed E-state index contributed by atoms with van der Waals surface area (Å²) in [6.45, 7) is 2.25. The average molecular weight is 280 g/mol. The van der Waals surface area contributed by atoms with Crippen molar-refractivity contribution in [2.45, 2.75) is 13.3 Å². The molecule has 0 fully saturated rings. The van der Waals surface area contributed by atoms with E-state index in [0.717, 1.165) is 6.42 Å². The molecular weight excluding hydrogens is 264 g/mol. The van der Waals surface area contributed by atoms with Crippen LogP contribution in [0.5, 0.6) is 0 Å². The highest BCUT2D eigenvalue weighted by Gasteiger charge is 2.21. The number of rotatable bonds is 0. The molecule has 0 spiro atoms. The normalized spacial score (nSPS) is 12.6. The summed E-state index contributed by atoms with van der Waals surface area (Å²) in [5.41, 5.74) is 7.17. The van der Waals surface area contributed by atoms with Crippen LogP contribution in [0.3, 0.4) is 0 Å². The largest absolute Gasteiger partial charge is 0.0619 e. The van der Waals surface area contributed by atoms with E-state index < -0.39 is 0 Å². The Bertz CT molecular complexity index is 1050. The van der Waals surface area contributed by atoms with Gasteiger partial charge in [0, 0.05) is 0 Å². The zero-order valence-corrected chi connectivity index (χ0v) is 12.6. The van der Waals surface area contributed by atoms with Gasteiger partial charge in [0.15, 0.2) is 0 Å². The summed E-state index contributed by atoms with van der Waals surface area (Å²) >= 11 is 0. The second-order valence-electron chi connectivity index (χ2n) is 6.25. The maximum atomic E-state index is 2.37. The molecule has 0 atom stereocenters. The molecule has 0 radical (unpaired) electrons. The van der Waals surface area contributed by atoms with Crippen LogP contribution in [0.1, 0.15) is 16.7 Å². The third-order valence-electron chi connectivity index (χ3n) is 5.07. The van der Waals surface area contributed by atoms with E-state index in [0.29, 0.717) is 0 Å². The van der Waals surface area contributed by atoms with Crippen LogP contribution in [0.25, 0.3) is 32.7 Å². The first-order valence-corrected chi connectivity index (χ1v) is 7.85. The van der Waals surface area contributed by atoms with Crippen LogP contribution in [-0.2, 0) is 6.42 Å². The Labute approximate surface area is 130 Å². The quantitative estimate of drug-likeness (QED) is 0.311. The Morgan fingerprint density at radius 2 is 1.50 bits per heavy atom. The monoisotopic (exact) mass is 280 g/mol. The maximum Gasteiger partial charge on any atom is -0.00132 e. The number of hydrogen-bond acceptors (Lipinski definition) is 0. The molecule has 0 aliphatic heterocycles. The standard InChI is InChI=1S/C22H16/c1-14-18-8-4-2-7-16(18)13-21-19(14)11-10-17-12-15-6-3-5-9-20(15)22(17)21/h2-11,13H,12H2,1H3. The summed E-state index contributed by atoms with van der Waals surface area (Å²) < 4.78 is 0. The van der Waals surface area contributed by atoms with E-state index >= 15 is 0 Å². The van der Waals surface area contributed by atoms with Crippen molar-refractivity contribution in [2.75, 3.05) is 0 Å². The molecule has 0 bridgehead atoms. The molecule has 0 unspecified atom stereocenters. The second kappa shape index (κ2) is 4.20. The fourth-order valence-corrected chi connectivity index (χ4v) is 4.00. The lowest BCUT2D eigenvalue weighted by Crippen LogP contribution is -1.87. The van der Waals surface area contributed by atoms with Crippen LogP contribution < -0.4 is 0 Å². The number of aryl methyl sites for hydroxylation is 1. The Kier molecular flexibility index (Phi) is 2.29. The van der Waals surface area contributed by atoms with Crippen LogP contribution in [0.2, 0.25) is 0 Å². The van der Waals surface area contributed by atoms with Gasteiger partial charge < -0.3 is 0 Å². The van der Waals surface area contributed by atoms with Crippen LogP contribution in [0, 0.1) is 6.92 Å². The lowest BCUT2D eigenvalue weighted by atomic mass is 9.92. The van der Waals surface area contributed by atoms with Crippen molar-refractivity contribution in [3.63, 3.8) is 0 Å². The van der Waals surface area contributed by atoms with Crippen molar-refractivity contribution in [1.82, 2.24) is 0 Å². The first-order valence-electron chi connectivity index (χ1n) is 7.85. The summed E-state index contributed by atoms with van der Waals surface area (Å²) in [5, 5.41) is 5.49. The average Bonchev–Trinajstić information content (AvgIpc) is 2.94. The summed E-state index contributed by atoms with van der Waals surface area (Å²) in [4.78, 5) is 0. The van der Waals surface area contributed by atoms with Crippen molar-refractivity contribution in [2.24, 2.45) is 0 Å². The molecular formula is C22H16. The van der Waals surface area contributed by atoms with Gasteiger partial charge in [-0.05, 0) is 68.8 Å². The molecule has 4 aromatic carbocycles. The highest BCUT2D eigenvalue weighted by molar-refractivity contribution is 6.09. The molecule has 0 saturated heterocycles. The van der Waals surface area contributed by atoms with E-state index in [1.807, 2.05) is 0 Å². The molecule has 22 heavy (non-hydrogen) atoms. The van der Waals surface area contributed by atoms with Crippen LogP contribution in [0.4, 0.5) is 0 Å². The van der Waals surface area contributed by atoms with E-state index in [9.17, 15) is 0 Å². The van der Waals surface area contributed by atoms with E-state index in [1.54, 1.807) is 0 Å². The smallest absolute Gasteiger partial charge is 0.00132 e. The molecule has 4 aromatic rings. The first kappa shape index (κ1) is 12.0. The number of fused-ring (bicyclic) bond motifs is 6. The van der Waals surface area contributed by atoms with Gasteiger partial charge in [0.25, 0.3) is 0 Å². The molecule has 0 heterocycles. The van der Waals surface area contributed by atoms with Gasteiger partial charge >= 0.3 is 0 Å². The SMILES string of the molecule is Cc1c2ccccc2cc2c3c(ccc12)Cc1ccccc1-3. The molecule has 0 nitrogen and oxygen atoms in total. The number of hydrogen-bond donors (Lipinski definition) is 0. The Morgan fingerprint density at radius 3 is 2.45 bits per heavy atom. The minimum Gasteiger partial charge on any atom is -0.0619 e. The van der Waals surface area contributed by atoms with Gasteiger partial charge in [-0.25, -0.2) is 0 Å².